The summed E-state index contributed by atoms with van der Waals surface area (Å²) < 4.78 is 0. The Morgan fingerprint density at radius 1 is 0.842 bits per heavy atom. The summed E-state index contributed by atoms with van der Waals surface area (Å²) in [6.45, 7) is 2.31. The zero-order chi connectivity index (χ0) is 13.3. The molecule has 1 aromatic heterocycles. The van der Waals surface area contributed by atoms with Crippen molar-refractivity contribution in [2.75, 3.05) is 6.66 Å². The van der Waals surface area contributed by atoms with Gasteiger partial charge in [0.15, 0.2) is 0 Å². The van der Waals surface area contributed by atoms with Crippen molar-refractivity contribution in [1.82, 2.24) is 9.97 Å². The second kappa shape index (κ2) is 7.50. The number of imidazole rings is 1. The molecule has 0 aliphatic heterocycles. The summed E-state index contributed by atoms with van der Waals surface area (Å²) in [5.74, 6) is 0. The van der Waals surface area contributed by atoms with Gasteiger partial charge in [0.2, 0.25) is 0 Å². The first-order valence-corrected chi connectivity index (χ1v) is 7.93. The minimum absolute atomic E-state index is 0.171. The van der Waals surface area contributed by atoms with Crippen molar-refractivity contribution in [3.05, 3.63) is 79.4 Å². The van der Waals surface area contributed by atoms with Crippen molar-refractivity contribution in [3.8, 4) is 0 Å². The summed E-state index contributed by atoms with van der Waals surface area (Å²) in [7, 11) is -0.171. The molecule has 0 unspecified atom stereocenters. The zero-order valence-corrected chi connectivity index (χ0v) is 11.8. The normalized spacial score (nSPS) is 9.79. The van der Waals surface area contributed by atoms with Crippen LogP contribution in [-0.4, -0.2) is 16.6 Å². The van der Waals surface area contributed by atoms with Crippen molar-refractivity contribution in [2.45, 2.75) is 0 Å². The van der Waals surface area contributed by atoms with Gasteiger partial charge in [-0.15, -0.1) is 0 Å². The lowest BCUT2D eigenvalue weighted by Gasteiger charge is -2.12. The Hall–Kier alpha value is -1.92. The standard InChI is InChI=1S/C13H13P.C3H4N2/c1-14(12-8-4-2-5-9-12)13-10-6-3-7-11-13;1-2-5-3-4-1/h2-11H,1H3;1-3H,(H,4,5). The summed E-state index contributed by atoms with van der Waals surface area (Å²) in [6, 6.07) is 21.4. The molecule has 96 valence electrons. The molecule has 2 nitrogen and oxygen atoms in total. The number of H-pyrrole nitrogens is 1. The Morgan fingerprint density at radius 3 is 1.68 bits per heavy atom. The van der Waals surface area contributed by atoms with Gasteiger partial charge in [-0.2, -0.15) is 0 Å². The molecule has 0 bridgehead atoms. The molecule has 0 aliphatic rings. The van der Waals surface area contributed by atoms with Crippen LogP contribution in [0.5, 0.6) is 0 Å². The van der Waals surface area contributed by atoms with Crippen molar-refractivity contribution >= 4 is 18.5 Å². The molecular weight excluding hydrogens is 251 g/mol. The van der Waals surface area contributed by atoms with Crippen LogP contribution in [0.2, 0.25) is 0 Å². The third-order valence-corrected chi connectivity index (χ3v) is 4.84. The van der Waals surface area contributed by atoms with E-state index in [2.05, 4.69) is 77.3 Å². The Bertz CT molecular complexity index is 493. The number of aromatic amines is 1. The van der Waals surface area contributed by atoms with Crippen LogP contribution in [0.3, 0.4) is 0 Å². The van der Waals surface area contributed by atoms with Crippen LogP contribution in [0, 0.1) is 0 Å². The number of rotatable bonds is 2. The SMILES string of the molecule is CP(c1ccccc1)c1ccccc1.c1c[nH]cn1. The lowest BCUT2D eigenvalue weighted by atomic mass is 10.4. The summed E-state index contributed by atoms with van der Waals surface area (Å²) in [5.41, 5.74) is 0. The van der Waals surface area contributed by atoms with Crippen LogP contribution in [0.25, 0.3) is 0 Å². The first-order chi connectivity index (χ1) is 9.38. The third kappa shape index (κ3) is 4.35. The summed E-state index contributed by atoms with van der Waals surface area (Å²) in [4.78, 5) is 6.42. The van der Waals surface area contributed by atoms with Gasteiger partial charge in [0.1, 0.15) is 0 Å². The topological polar surface area (TPSA) is 28.7 Å². The fraction of sp³-hybridized carbons (Fsp3) is 0.0625. The van der Waals surface area contributed by atoms with Gasteiger partial charge < -0.3 is 4.98 Å². The van der Waals surface area contributed by atoms with E-state index >= 15 is 0 Å². The van der Waals surface area contributed by atoms with Crippen molar-refractivity contribution in [1.29, 1.82) is 0 Å². The average molecular weight is 268 g/mol. The van der Waals surface area contributed by atoms with Gasteiger partial charge in [-0.05, 0) is 25.2 Å². The molecule has 0 spiro atoms. The molecule has 0 aliphatic carbocycles. The van der Waals surface area contributed by atoms with Crippen molar-refractivity contribution in [2.24, 2.45) is 0 Å². The lowest BCUT2D eigenvalue weighted by molar-refractivity contribution is 1.31. The van der Waals surface area contributed by atoms with E-state index in [4.69, 9.17) is 0 Å². The molecule has 0 amide bonds. The Labute approximate surface area is 115 Å². The molecule has 0 fully saturated rings. The number of aromatic nitrogens is 2. The zero-order valence-electron chi connectivity index (χ0n) is 10.9. The van der Waals surface area contributed by atoms with E-state index in [-0.39, 0.29) is 7.92 Å². The van der Waals surface area contributed by atoms with Crippen LogP contribution in [0.15, 0.2) is 79.4 Å². The van der Waals surface area contributed by atoms with E-state index in [1.807, 2.05) is 0 Å². The van der Waals surface area contributed by atoms with E-state index in [9.17, 15) is 0 Å². The molecule has 19 heavy (non-hydrogen) atoms. The van der Waals surface area contributed by atoms with E-state index in [1.54, 1.807) is 18.7 Å². The van der Waals surface area contributed by atoms with Gasteiger partial charge in [0.25, 0.3) is 0 Å². The fourth-order valence-electron chi connectivity index (χ4n) is 1.67. The predicted molar refractivity (Wildman–Crippen MR) is 83.6 cm³/mol. The van der Waals surface area contributed by atoms with E-state index in [0.29, 0.717) is 0 Å². The molecule has 2 aromatic carbocycles. The highest BCUT2D eigenvalue weighted by Crippen LogP contribution is 2.27. The molecule has 3 aromatic rings. The second-order valence-corrected chi connectivity index (χ2v) is 6.14. The summed E-state index contributed by atoms with van der Waals surface area (Å²) >= 11 is 0. The fourth-order valence-corrected chi connectivity index (χ4v) is 3.20. The minimum Gasteiger partial charge on any atom is -0.351 e. The quantitative estimate of drug-likeness (QED) is 0.711. The van der Waals surface area contributed by atoms with E-state index in [1.165, 1.54) is 10.6 Å². The minimum atomic E-state index is -0.171. The first-order valence-electron chi connectivity index (χ1n) is 6.14. The summed E-state index contributed by atoms with van der Waals surface area (Å²) in [5, 5.41) is 2.88. The highest BCUT2D eigenvalue weighted by atomic mass is 31.1. The highest BCUT2D eigenvalue weighted by Gasteiger charge is 2.05. The molecule has 3 rings (SSSR count). The first kappa shape index (κ1) is 13.5. The van der Waals surface area contributed by atoms with Gasteiger partial charge >= 0.3 is 0 Å². The number of benzene rings is 2. The van der Waals surface area contributed by atoms with Gasteiger partial charge in [-0.25, -0.2) is 4.98 Å². The Morgan fingerprint density at radius 2 is 1.37 bits per heavy atom. The smallest absolute Gasteiger partial charge is 0.0919 e. The summed E-state index contributed by atoms with van der Waals surface area (Å²) in [6.07, 6.45) is 5.08. The molecule has 0 atom stereocenters. The average Bonchev–Trinajstić information content (AvgIpc) is 3.08. The molecule has 0 saturated heterocycles. The van der Waals surface area contributed by atoms with E-state index in [0.717, 1.165) is 0 Å². The van der Waals surface area contributed by atoms with Crippen LogP contribution < -0.4 is 10.6 Å². The Kier molecular flexibility index (Phi) is 5.33. The number of hydrogen-bond donors (Lipinski definition) is 1. The van der Waals surface area contributed by atoms with Crippen molar-refractivity contribution < 1.29 is 0 Å². The number of hydrogen-bond acceptors (Lipinski definition) is 1. The largest absolute Gasteiger partial charge is 0.351 e. The van der Waals surface area contributed by atoms with Crippen LogP contribution in [-0.2, 0) is 0 Å². The molecule has 0 saturated carbocycles. The number of nitrogens with one attached hydrogen (secondary N) is 1. The molecule has 0 radical (unpaired) electrons. The third-order valence-electron chi connectivity index (χ3n) is 2.69. The maximum absolute atomic E-state index is 3.67. The maximum atomic E-state index is 3.67. The molecule has 3 heteroatoms. The van der Waals surface area contributed by atoms with Gasteiger partial charge in [0.05, 0.1) is 6.33 Å². The second-order valence-electron chi connectivity index (χ2n) is 3.99. The van der Waals surface area contributed by atoms with Gasteiger partial charge in [-0.1, -0.05) is 60.7 Å². The monoisotopic (exact) mass is 268 g/mol. The van der Waals surface area contributed by atoms with Gasteiger partial charge in [-0.3, -0.25) is 0 Å². The van der Waals surface area contributed by atoms with E-state index < -0.39 is 0 Å². The van der Waals surface area contributed by atoms with Crippen LogP contribution >= 0.6 is 7.92 Å². The molecular formula is C16H17N2P. The Balaban J connectivity index is 0.000000224. The van der Waals surface area contributed by atoms with Crippen molar-refractivity contribution in [3.63, 3.8) is 0 Å². The van der Waals surface area contributed by atoms with Crippen LogP contribution in [0.1, 0.15) is 0 Å². The number of nitrogens with zero attached hydrogens (tertiary/aromatic N) is 1. The lowest BCUT2D eigenvalue weighted by Crippen LogP contribution is -2.09. The predicted octanol–water partition coefficient (Wildman–Crippen LogP) is 3.16. The highest BCUT2D eigenvalue weighted by molar-refractivity contribution is 7.72. The van der Waals surface area contributed by atoms with Crippen LogP contribution in [0.4, 0.5) is 0 Å². The maximum Gasteiger partial charge on any atom is 0.0919 e. The molecule has 1 N–H and O–H groups in total. The molecule has 1 heterocycles. The van der Waals surface area contributed by atoms with Gasteiger partial charge in [0, 0.05) is 12.4 Å².